The molecule has 0 unspecified atom stereocenters. The van der Waals surface area contributed by atoms with Crippen LogP contribution in [0.1, 0.15) is 44.7 Å². The zero-order valence-corrected chi connectivity index (χ0v) is 17.0. The third kappa shape index (κ3) is 6.13. The van der Waals surface area contributed by atoms with Gasteiger partial charge >= 0.3 is 0 Å². The molecule has 1 aromatic heterocycles. The maximum Gasteiger partial charge on any atom is 0.191 e. The lowest BCUT2D eigenvalue weighted by atomic mass is 10.1. The fourth-order valence-corrected chi connectivity index (χ4v) is 4.52. The Hall–Kier alpha value is -1.34. The Balaban J connectivity index is 1.39. The molecule has 2 N–H and O–H groups in total. The van der Waals surface area contributed by atoms with Crippen LogP contribution >= 0.6 is 11.3 Å². The van der Waals surface area contributed by atoms with Crippen LogP contribution < -0.4 is 15.5 Å². The zero-order chi connectivity index (χ0) is 18.0. The molecule has 0 aromatic carbocycles. The fraction of sp³-hybridized carbons (Fsp3) is 0.789. The molecule has 0 atom stereocenters. The van der Waals surface area contributed by atoms with E-state index >= 15 is 0 Å². The van der Waals surface area contributed by atoms with Crippen molar-refractivity contribution in [2.24, 2.45) is 4.99 Å². The molecule has 7 heteroatoms. The van der Waals surface area contributed by atoms with Gasteiger partial charge in [-0.2, -0.15) is 0 Å². The van der Waals surface area contributed by atoms with E-state index in [1.54, 1.807) is 11.3 Å². The number of aliphatic imine (C=N–C) groups is 1. The van der Waals surface area contributed by atoms with Gasteiger partial charge in [0.05, 0.1) is 12.2 Å². The molecule has 2 aliphatic rings. The Morgan fingerprint density at radius 1 is 1.12 bits per heavy atom. The summed E-state index contributed by atoms with van der Waals surface area (Å²) in [5.74, 6) is 0.930. The molecule has 2 saturated heterocycles. The topological polar surface area (TPSA) is 55.8 Å². The fourth-order valence-electron chi connectivity index (χ4n) is 3.60. The highest BCUT2D eigenvalue weighted by Gasteiger charge is 2.15. The number of aromatic nitrogens is 1. The number of hydrogen-bond acceptors (Lipinski definition) is 5. The normalized spacial score (nSPS) is 19.1. The van der Waals surface area contributed by atoms with Crippen LogP contribution in [0.2, 0.25) is 0 Å². The van der Waals surface area contributed by atoms with Gasteiger partial charge in [0.15, 0.2) is 11.1 Å². The molecule has 146 valence electrons. The predicted molar refractivity (Wildman–Crippen MR) is 112 cm³/mol. The number of likely N-dealkylation sites (tertiary alicyclic amines) is 1. The highest BCUT2D eigenvalue weighted by atomic mass is 32.1. The van der Waals surface area contributed by atoms with Crippen LogP contribution in [0.15, 0.2) is 10.4 Å². The van der Waals surface area contributed by atoms with E-state index in [-0.39, 0.29) is 0 Å². The SMILES string of the molecule is CCNC(=NCCN1CCCCC1)NCCc1csc(N2CCCC2)n1. The first kappa shape index (κ1) is 19.4. The summed E-state index contributed by atoms with van der Waals surface area (Å²) in [7, 11) is 0. The molecule has 0 amide bonds. The van der Waals surface area contributed by atoms with Gasteiger partial charge in [-0.15, -0.1) is 11.3 Å². The Morgan fingerprint density at radius 2 is 1.88 bits per heavy atom. The second-order valence-electron chi connectivity index (χ2n) is 7.16. The Kier molecular flexibility index (Phi) is 8.01. The third-order valence-corrected chi connectivity index (χ3v) is 6.02. The van der Waals surface area contributed by atoms with Crippen molar-refractivity contribution in [1.82, 2.24) is 20.5 Å². The number of hydrogen-bond donors (Lipinski definition) is 2. The third-order valence-electron chi connectivity index (χ3n) is 5.07. The molecule has 0 spiro atoms. The van der Waals surface area contributed by atoms with Crippen molar-refractivity contribution in [3.8, 4) is 0 Å². The van der Waals surface area contributed by atoms with E-state index in [9.17, 15) is 0 Å². The van der Waals surface area contributed by atoms with Crippen LogP contribution in [0.4, 0.5) is 5.13 Å². The summed E-state index contributed by atoms with van der Waals surface area (Å²) in [5.41, 5.74) is 1.19. The molecule has 0 bridgehead atoms. The summed E-state index contributed by atoms with van der Waals surface area (Å²) < 4.78 is 0. The first-order valence-corrected chi connectivity index (χ1v) is 11.2. The average molecular weight is 379 g/mol. The summed E-state index contributed by atoms with van der Waals surface area (Å²) >= 11 is 1.78. The standard InChI is InChI=1S/C19H34N6S/c1-2-20-18(22-10-15-24-11-4-3-5-12-24)21-9-8-17-16-26-19(23-17)25-13-6-7-14-25/h16H,2-15H2,1H3,(H2,20,21,22). The van der Waals surface area contributed by atoms with Gasteiger partial charge in [0.1, 0.15) is 0 Å². The molecule has 0 radical (unpaired) electrons. The van der Waals surface area contributed by atoms with E-state index in [1.807, 2.05) is 0 Å². The molecule has 6 nitrogen and oxygen atoms in total. The van der Waals surface area contributed by atoms with Gasteiger partial charge in [-0.1, -0.05) is 6.42 Å². The van der Waals surface area contributed by atoms with Crippen LogP contribution in [0, 0.1) is 0 Å². The summed E-state index contributed by atoms with van der Waals surface area (Å²) in [6, 6.07) is 0. The van der Waals surface area contributed by atoms with E-state index in [2.05, 4.69) is 32.7 Å². The van der Waals surface area contributed by atoms with Crippen LogP contribution in [0.25, 0.3) is 0 Å². The average Bonchev–Trinajstić information content (AvgIpc) is 3.34. The first-order chi connectivity index (χ1) is 12.8. The number of thiazole rings is 1. The number of anilines is 1. The van der Waals surface area contributed by atoms with Crippen molar-refractivity contribution < 1.29 is 0 Å². The first-order valence-electron chi connectivity index (χ1n) is 10.3. The van der Waals surface area contributed by atoms with Crippen LogP contribution in [0.5, 0.6) is 0 Å². The quantitative estimate of drug-likeness (QED) is 0.537. The summed E-state index contributed by atoms with van der Waals surface area (Å²) in [5, 5.41) is 10.2. The van der Waals surface area contributed by atoms with Crippen LogP contribution in [-0.2, 0) is 6.42 Å². The van der Waals surface area contributed by atoms with E-state index in [0.717, 1.165) is 38.6 Å². The van der Waals surface area contributed by atoms with E-state index in [0.29, 0.717) is 0 Å². The monoisotopic (exact) mass is 378 g/mol. The van der Waals surface area contributed by atoms with Gasteiger partial charge < -0.3 is 20.4 Å². The predicted octanol–water partition coefficient (Wildman–Crippen LogP) is 2.33. The van der Waals surface area contributed by atoms with Crippen LogP contribution in [-0.4, -0.2) is 68.2 Å². The molecule has 2 aliphatic heterocycles. The highest BCUT2D eigenvalue weighted by molar-refractivity contribution is 7.13. The minimum atomic E-state index is 0.866. The van der Waals surface area contributed by atoms with Gasteiger partial charge in [0.25, 0.3) is 0 Å². The molecule has 1 aromatic rings. The number of rotatable bonds is 8. The molecular weight excluding hydrogens is 344 g/mol. The maximum atomic E-state index is 4.80. The summed E-state index contributed by atoms with van der Waals surface area (Å²) in [6.45, 7) is 10.6. The van der Waals surface area contributed by atoms with Gasteiger partial charge in [-0.05, 0) is 45.7 Å². The largest absolute Gasteiger partial charge is 0.357 e. The summed E-state index contributed by atoms with van der Waals surface area (Å²) in [4.78, 5) is 14.5. The second kappa shape index (κ2) is 10.7. The number of nitrogens with one attached hydrogen (secondary N) is 2. The lowest BCUT2D eigenvalue weighted by molar-refractivity contribution is 0.235. The lowest BCUT2D eigenvalue weighted by Gasteiger charge is -2.25. The Bertz CT molecular complexity index is 546. The summed E-state index contributed by atoms with van der Waals surface area (Å²) in [6.07, 6.45) is 7.62. The van der Waals surface area contributed by atoms with E-state index in [4.69, 9.17) is 9.98 Å². The maximum absolute atomic E-state index is 4.80. The second-order valence-corrected chi connectivity index (χ2v) is 7.99. The van der Waals surface area contributed by atoms with Gasteiger partial charge in [-0.3, -0.25) is 4.99 Å². The molecular formula is C19H34N6S. The van der Waals surface area contributed by atoms with E-state index in [1.165, 1.54) is 69.1 Å². The minimum absolute atomic E-state index is 0.866. The van der Waals surface area contributed by atoms with Crippen molar-refractivity contribution in [1.29, 1.82) is 0 Å². The van der Waals surface area contributed by atoms with Crippen molar-refractivity contribution >= 4 is 22.4 Å². The van der Waals surface area contributed by atoms with Crippen molar-refractivity contribution in [2.45, 2.75) is 45.4 Å². The molecule has 3 heterocycles. The van der Waals surface area contributed by atoms with Gasteiger partial charge in [0.2, 0.25) is 0 Å². The van der Waals surface area contributed by atoms with Gasteiger partial charge in [0, 0.05) is 44.5 Å². The molecule has 26 heavy (non-hydrogen) atoms. The Labute approximate surface area is 162 Å². The molecule has 0 saturated carbocycles. The zero-order valence-electron chi connectivity index (χ0n) is 16.2. The smallest absolute Gasteiger partial charge is 0.191 e. The molecule has 3 rings (SSSR count). The molecule has 0 aliphatic carbocycles. The van der Waals surface area contributed by atoms with Crippen LogP contribution in [0.3, 0.4) is 0 Å². The number of nitrogens with zero attached hydrogens (tertiary/aromatic N) is 4. The van der Waals surface area contributed by atoms with Gasteiger partial charge in [-0.25, -0.2) is 4.98 Å². The van der Waals surface area contributed by atoms with Crippen molar-refractivity contribution in [3.63, 3.8) is 0 Å². The number of guanidine groups is 1. The lowest BCUT2D eigenvalue weighted by Crippen LogP contribution is -2.39. The minimum Gasteiger partial charge on any atom is -0.357 e. The highest BCUT2D eigenvalue weighted by Crippen LogP contribution is 2.24. The Morgan fingerprint density at radius 3 is 2.65 bits per heavy atom. The van der Waals surface area contributed by atoms with Crippen molar-refractivity contribution in [2.75, 3.05) is 57.3 Å². The molecule has 2 fully saturated rings. The van der Waals surface area contributed by atoms with E-state index < -0.39 is 0 Å². The van der Waals surface area contributed by atoms with Crippen molar-refractivity contribution in [3.05, 3.63) is 11.1 Å². The number of piperidine rings is 1.